The van der Waals surface area contributed by atoms with Gasteiger partial charge in [0.2, 0.25) is 5.88 Å². The minimum Gasteiger partial charge on any atom is -0.474 e. The highest BCUT2D eigenvalue weighted by Gasteiger charge is 2.08. The van der Waals surface area contributed by atoms with Crippen LogP contribution in [0, 0.1) is 0 Å². The zero-order valence-corrected chi connectivity index (χ0v) is 11.5. The quantitative estimate of drug-likeness (QED) is 0.836. The summed E-state index contributed by atoms with van der Waals surface area (Å²) in [6, 6.07) is 3.77. The van der Waals surface area contributed by atoms with Crippen molar-refractivity contribution in [2.45, 2.75) is 26.0 Å². The number of hydrogen-bond acceptors (Lipinski definition) is 4. The van der Waals surface area contributed by atoms with Gasteiger partial charge < -0.3 is 15.2 Å². The molecule has 1 unspecified atom stereocenters. The van der Waals surface area contributed by atoms with E-state index in [-0.39, 0.29) is 19.0 Å². The lowest BCUT2D eigenvalue weighted by Crippen LogP contribution is -2.35. The fourth-order valence-electron chi connectivity index (χ4n) is 1.08. The van der Waals surface area contributed by atoms with Gasteiger partial charge in [-0.2, -0.15) is 0 Å². The van der Waals surface area contributed by atoms with Crippen LogP contribution < -0.4 is 10.1 Å². The zero-order chi connectivity index (χ0) is 12.0. The summed E-state index contributed by atoms with van der Waals surface area (Å²) in [6.45, 7) is 4.70. The van der Waals surface area contributed by atoms with E-state index < -0.39 is 6.10 Å². The Morgan fingerprint density at radius 1 is 1.53 bits per heavy atom. The third-order valence-electron chi connectivity index (χ3n) is 1.90. The molecule has 0 bridgehead atoms. The Kier molecular flexibility index (Phi) is 8.25. The van der Waals surface area contributed by atoms with Crippen molar-refractivity contribution in [3.63, 3.8) is 0 Å². The zero-order valence-electron chi connectivity index (χ0n) is 9.89. The molecule has 1 rings (SSSR count). The van der Waals surface area contributed by atoms with Crippen molar-refractivity contribution in [1.29, 1.82) is 0 Å². The van der Waals surface area contributed by atoms with E-state index in [2.05, 4.69) is 10.3 Å². The minimum absolute atomic E-state index is 0. The van der Waals surface area contributed by atoms with E-state index in [0.717, 1.165) is 0 Å². The van der Waals surface area contributed by atoms with Crippen LogP contribution in [-0.4, -0.2) is 35.4 Å². The van der Waals surface area contributed by atoms with E-state index >= 15 is 0 Å². The Morgan fingerprint density at radius 2 is 2.24 bits per heavy atom. The molecule has 0 saturated carbocycles. The molecule has 0 aliphatic heterocycles. The number of aliphatic hydroxyl groups is 1. The summed E-state index contributed by atoms with van der Waals surface area (Å²) < 4.78 is 5.30. The van der Waals surface area contributed by atoms with Crippen molar-refractivity contribution in [3.8, 4) is 5.88 Å². The van der Waals surface area contributed by atoms with Crippen LogP contribution in [0.15, 0.2) is 18.3 Å². The average molecular weight is 281 g/mol. The van der Waals surface area contributed by atoms with Crippen molar-refractivity contribution >= 4 is 24.0 Å². The van der Waals surface area contributed by atoms with Gasteiger partial charge in [0.15, 0.2) is 0 Å². The number of rotatable bonds is 6. The molecule has 17 heavy (non-hydrogen) atoms. The number of nitrogens with zero attached hydrogens (tertiary/aromatic N) is 1. The maximum atomic E-state index is 9.59. The van der Waals surface area contributed by atoms with Crippen molar-refractivity contribution in [2.24, 2.45) is 0 Å². The van der Waals surface area contributed by atoms with Gasteiger partial charge in [-0.1, -0.05) is 25.4 Å². The smallest absolute Gasteiger partial charge is 0.232 e. The van der Waals surface area contributed by atoms with Crippen molar-refractivity contribution in [2.75, 3.05) is 13.2 Å². The number of nitrogens with one attached hydrogen (secondary N) is 1. The Labute approximate surface area is 113 Å². The molecule has 0 radical (unpaired) electrons. The highest BCUT2D eigenvalue weighted by Crippen LogP contribution is 2.19. The lowest BCUT2D eigenvalue weighted by Gasteiger charge is -2.14. The van der Waals surface area contributed by atoms with Gasteiger partial charge in [0.1, 0.15) is 17.7 Å². The predicted octanol–water partition coefficient (Wildman–Crippen LogP) is 1.89. The molecule has 0 fully saturated rings. The van der Waals surface area contributed by atoms with Gasteiger partial charge in [0.05, 0.1) is 0 Å². The van der Waals surface area contributed by atoms with Crippen LogP contribution in [0.1, 0.15) is 13.8 Å². The van der Waals surface area contributed by atoms with Gasteiger partial charge in [-0.15, -0.1) is 12.4 Å². The first kappa shape index (κ1) is 16.4. The summed E-state index contributed by atoms with van der Waals surface area (Å²) in [5.41, 5.74) is 0. The Morgan fingerprint density at radius 3 is 2.82 bits per heavy atom. The molecule has 1 heterocycles. The second-order valence-corrected chi connectivity index (χ2v) is 4.23. The van der Waals surface area contributed by atoms with Crippen molar-refractivity contribution < 1.29 is 9.84 Å². The highest BCUT2D eigenvalue weighted by atomic mass is 35.5. The summed E-state index contributed by atoms with van der Waals surface area (Å²) in [5.74, 6) is 0.354. The molecule has 4 nitrogen and oxygen atoms in total. The normalized spacial score (nSPS) is 12.1. The molecular weight excluding hydrogens is 263 g/mol. The number of hydrogen-bond donors (Lipinski definition) is 2. The molecule has 0 aromatic carbocycles. The second-order valence-electron chi connectivity index (χ2n) is 3.82. The molecule has 6 heteroatoms. The number of aliphatic hydroxyl groups excluding tert-OH is 1. The minimum atomic E-state index is -0.569. The summed E-state index contributed by atoms with van der Waals surface area (Å²) in [6.07, 6.45) is 1.03. The summed E-state index contributed by atoms with van der Waals surface area (Å²) in [7, 11) is 0. The third-order valence-corrected chi connectivity index (χ3v) is 2.19. The van der Waals surface area contributed by atoms with Crippen LogP contribution in [0.25, 0.3) is 0 Å². The first-order valence-electron chi connectivity index (χ1n) is 5.24. The fraction of sp³-hybridized carbons (Fsp3) is 0.545. The Balaban J connectivity index is 0.00000256. The molecule has 0 aliphatic carbocycles. The second kappa shape index (κ2) is 8.53. The number of pyridine rings is 1. The lowest BCUT2D eigenvalue weighted by molar-refractivity contribution is 0.102. The van der Waals surface area contributed by atoms with Crippen LogP contribution in [0.5, 0.6) is 5.88 Å². The molecule has 1 aromatic rings. The molecule has 2 N–H and O–H groups in total. The molecular formula is C11H18Cl2N2O2. The molecule has 98 valence electrons. The van der Waals surface area contributed by atoms with Crippen LogP contribution in [0.3, 0.4) is 0 Å². The predicted molar refractivity (Wildman–Crippen MR) is 71.1 cm³/mol. The average Bonchev–Trinajstić information content (AvgIpc) is 2.25. The van der Waals surface area contributed by atoms with E-state index in [1.165, 1.54) is 0 Å². The standard InChI is InChI=1S/C11H17ClN2O2.ClH/c1-8(2)14-6-9(15)7-16-11-10(12)4-3-5-13-11;/h3-5,8-9,14-15H,6-7H2,1-2H3;1H. The first-order chi connectivity index (χ1) is 7.59. The maximum absolute atomic E-state index is 9.59. The van der Waals surface area contributed by atoms with Gasteiger partial charge in [0.25, 0.3) is 0 Å². The Bertz CT molecular complexity index is 324. The van der Waals surface area contributed by atoms with Gasteiger partial charge in [0, 0.05) is 18.8 Å². The van der Waals surface area contributed by atoms with Gasteiger partial charge in [-0.25, -0.2) is 4.98 Å². The molecule has 1 atom stereocenters. The molecule has 0 saturated heterocycles. The van der Waals surface area contributed by atoms with Crippen LogP contribution in [-0.2, 0) is 0 Å². The van der Waals surface area contributed by atoms with Crippen LogP contribution in [0.4, 0.5) is 0 Å². The monoisotopic (exact) mass is 280 g/mol. The summed E-state index contributed by atoms with van der Waals surface area (Å²) in [4.78, 5) is 3.96. The van der Waals surface area contributed by atoms with E-state index in [9.17, 15) is 5.11 Å². The highest BCUT2D eigenvalue weighted by molar-refractivity contribution is 6.31. The topological polar surface area (TPSA) is 54.4 Å². The summed E-state index contributed by atoms with van der Waals surface area (Å²) in [5, 5.41) is 13.2. The van der Waals surface area contributed by atoms with E-state index in [4.69, 9.17) is 16.3 Å². The van der Waals surface area contributed by atoms with Crippen LogP contribution >= 0.6 is 24.0 Å². The lowest BCUT2D eigenvalue weighted by atomic mass is 10.3. The first-order valence-corrected chi connectivity index (χ1v) is 5.62. The largest absolute Gasteiger partial charge is 0.474 e. The number of halogens is 2. The SMILES string of the molecule is CC(C)NCC(O)COc1ncccc1Cl.Cl. The van der Waals surface area contributed by atoms with Gasteiger partial charge in [-0.3, -0.25) is 0 Å². The molecule has 0 amide bonds. The van der Waals surface area contributed by atoms with E-state index in [1.807, 2.05) is 13.8 Å². The van der Waals surface area contributed by atoms with E-state index in [1.54, 1.807) is 18.3 Å². The number of ether oxygens (including phenoxy) is 1. The molecule has 1 aromatic heterocycles. The maximum Gasteiger partial charge on any atom is 0.232 e. The third kappa shape index (κ3) is 6.68. The number of aromatic nitrogens is 1. The van der Waals surface area contributed by atoms with E-state index in [0.29, 0.717) is 23.5 Å². The molecule has 0 aliphatic rings. The van der Waals surface area contributed by atoms with Gasteiger partial charge >= 0.3 is 0 Å². The molecule has 0 spiro atoms. The van der Waals surface area contributed by atoms with Crippen molar-refractivity contribution in [3.05, 3.63) is 23.4 Å². The van der Waals surface area contributed by atoms with Crippen LogP contribution in [0.2, 0.25) is 5.02 Å². The van der Waals surface area contributed by atoms with Crippen molar-refractivity contribution in [1.82, 2.24) is 10.3 Å². The fourth-order valence-corrected chi connectivity index (χ4v) is 1.26. The Hall–Kier alpha value is -0.550. The summed E-state index contributed by atoms with van der Waals surface area (Å²) >= 11 is 5.85. The van der Waals surface area contributed by atoms with Gasteiger partial charge in [-0.05, 0) is 12.1 Å².